The fourth-order valence-electron chi connectivity index (χ4n) is 1.83. The quantitative estimate of drug-likeness (QED) is 0.882. The Morgan fingerprint density at radius 2 is 2.21 bits per heavy atom. The van der Waals surface area contributed by atoms with Crippen LogP contribution in [0.25, 0.3) is 0 Å². The Kier molecular flexibility index (Phi) is 3.21. The largest absolute Gasteiger partial charge is 0.376 e. The molecule has 0 bridgehead atoms. The molecule has 0 saturated carbocycles. The molecule has 1 heterocycles. The minimum atomic E-state index is -0.00641. The van der Waals surface area contributed by atoms with E-state index < -0.39 is 0 Å². The molecule has 3 heteroatoms. The molecule has 2 unspecified atom stereocenters. The van der Waals surface area contributed by atoms with Gasteiger partial charge in [0.2, 0.25) is 0 Å². The van der Waals surface area contributed by atoms with Gasteiger partial charge in [-0.3, -0.25) is 0 Å². The Bertz CT molecular complexity index is 310. The summed E-state index contributed by atoms with van der Waals surface area (Å²) in [5.74, 6) is 0. The summed E-state index contributed by atoms with van der Waals surface area (Å²) in [6.45, 7) is 0.850. The molecule has 2 N–H and O–H groups in total. The van der Waals surface area contributed by atoms with Crippen LogP contribution in [-0.2, 0) is 4.74 Å². The predicted octanol–water partition coefficient (Wildman–Crippen LogP) is 2.63. The third kappa shape index (κ3) is 2.00. The van der Waals surface area contributed by atoms with Gasteiger partial charge >= 0.3 is 0 Å². The molecule has 1 aromatic carbocycles. The number of hydrogen-bond acceptors (Lipinski definition) is 2. The first-order valence-electron chi connectivity index (χ1n) is 4.90. The van der Waals surface area contributed by atoms with Crippen LogP contribution in [0.15, 0.2) is 28.7 Å². The van der Waals surface area contributed by atoms with Crippen molar-refractivity contribution in [2.45, 2.75) is 25.0 Å². The summed E-state index contributed by atoms with van der Waals surface area (Å²) >= 11 is 3.51. The zero-order valence-electron chi connectivity index (χ0n) is 7.95. The van der Waals surface area contributed by atoms with Crippen molar-refractivity contribution < 1.29 is 4.74 Å². The van der Waals surface area contributed by atoms with E-state index in [9.17, 15) is 0 Å². The maximum absolute atomic E-state index is 6.15. The average molecular weight is 256 g/mol. The summed E-state index contributed by atoms with van der Waals surface area (Å²) in [5, 5.41) is 0. The highest BCUT2D eigenvalue weighted by Gasteiger charge is 2.25. The van der Waals surface area contributed by atoms with Crippen molar-refractivity contribution in [2.75, 3.05) is 6.61 Å². The maximum atomic E-state index is 6.15. The highest BCUT2D eigenvalue weighted by Crippen LogP contribution is 2.29. The summed E-state index contributed by atoms with van der Waals surface area (Å²) in [7, 11) is 0. The number of halogens is 1. The Labute approximate surface area is 92.6 Å². The lowest BCUT2D eigenvalue weighted by atomic mass is 10.0. The first-order valence-corrected chi connectivity index (χ1v) is 5.70. The fourth-order valence-corrected chi connectivity index (χ4v) is 2.38. The van der Waals surface area contributed by atoms with Gasteiger partial charge in [0, 0.05) is 11.1 Å². The summed E-state index contributed by atoms with van der Waals surface area (Å²) in [4.78, 5) is 0. The molecule has 14 heavy (non-hydrogen) atoms. The van der Waals surface area contributed by atoms with E-state index >= 15 is 0 Å². The van der Waals surface area contributed by atoms with E-state index in [1.807, 2.05) is 18.2 Å². The van der Waals surface area contributed by atoms with Gasteiger partial charge in [-0.1, -0.05) is 34.1 Å². The van der Waals surface area contributed by atoms with E-state index in [2.05, 4.69) is 22.0 Å². The molecule has 0 aliphatic carbocycles. The molecule has 0 radical (unpaired) electrons. The van der Waals surface area contributed by atoms with Gasteiger partial charge in [0.1, 0.15) is 0 Å². The first-order chi connectivity index (χ1) is 6.79. The van der Waals surface area contributed by atoms with Gasteiger partial charge in [0.25, 0.3) is 0 Å². The first kappa shape index (κ1) is 10.1. The van der Waals surface area contributed by atoms with Crippen LogP contribution in [0, 0.1) is 0 Å². The lowest BCUT2D eigenvalue weighted by molar-refractivity contribution is 0.0898. The number of ether oxygens (including phenoxy) is 1. The molecule has 1 saturated heterocycles. The van der Waals surface area contributed by atoms with E-state index in [0.717, 1.165) is 29.5 Å². The summed E-state index contributed by atoms with van der Waals surface area (Å²) in [6, 6.07) is 8.07. The molecule has 2 atom stereocenters. The molecule has 2 rings (SSSR count). The van der Waals surface area contributed by atoms with Gasteiger partial charge in [0.15, 0.2) is 0 Å². The summed E-state index contributed by atoms with van der Waals surface area (Å²) in [6.07, 6.45) is 2.39. The molecule has 0 spiro atoms. The highest BCUT2D eigenvalue weighted by molar-refractivity contribution is 9.10. The lowest BCUT2D eigenvalue weighted by Crippen LogP contribution is -2.25. The van der Waals surface area contributed by atoms with Crippen LogP contribution < -0.4 is 5.73 Å². The smallest absolute Gasteiger partial charge is 0.0768 e. The lowest BCUT2D eigenvalue weighted by Gasteiger charge is -2.19. The molecule has 0 amide bonds. The predicted molar refractivity (Wildman–Crippen MR) is 60.0 cm³/mol. The van der Waals surface area contributed by atoms with E-state index in [0.29, 0.717) is 0 Å². The second-order valence-electron chi connectivity index (χ2n) is 3.60. The third-order valence-corrected chi connectivity index (χ3v) is 3.35. The number of rotatable bonds is 2. The van der Waals surface area contributed by atoms with Gasteiger partial charge in [-0.25, -0.2) is 0 Å². The Balaban J connectivity index is 2.17. The van der Waals surface area contributed by atoms with Crippen molar-refractivity contribution in [1.29, 1.82) is 0 Å². The van der Waals surface area contributed by atoms with Gasteiger partial charge in [0.05, 0.1) is 12.1 Å². The number of benzene rings is 1. The molecule has 1 fully saturated rings. The fraction of sp³-hybridized carbons (Fsp3) is 0.455. The van der Waals surface area contributed by atoms with E-state index in [-0.39, 0.29) is 12.1 Å². The highest BCUT2D eigenvalue weighted by atomic mass is 79.9. The van der Waals surface area contributed by atoms with Crippen molar-refractivity contribution in [1.82, 2.24) is 0 Å². The molecular formula is C11H14BrNO. The second-order valence-corrected chi connectivity index (χ2v) is 4.45. The van der Waals surface area contributed by atoms with Gasteiger partial charge in [-0.15, -0.1) is 0 Å². The normalized spacial score (nSPS) is 23.7. The summed E-state index contributed by atoms with van der Waals surface area (Å²) in [5.41, 5.74) is 7.28. The Hall–Kier alpha value is -0.380. The van der Waals surface area contributed by atoms with Crippen LogP contribution in [0.5, 0.6) is 0 Å². The molecule has 0 aromatic heterocycles. The van der Waals surface area contributed by atoms with E-state index in [1.54, 1.807) is 0 Å². The van der Waals surface area contributed by atoms with Gasteiger partial charge in [-0.2, -0.15) is 0 Å². The molecule has 76 valence electrons. The topological polar surface area (TPSA) is 35.2 Å². The van der Waals surface area contributed by atoms with Crippen molar-refractivity contribution in [3.8, 4) is 0 Å². The van der Waals surface area contributed by atoms with Crippen LogP contribution in [0.2, 0.25) is 0 Å². The maximum Gasteiger partial charge on any atom is 0.0768 e. The molecule has 1 aliphatic heterocycles. The van der Waals surface area contributed by atoms with E-state index in [1.165, 1.54) is 0 Å². The van der Waals surface area contributed by atoms with Crippen molar-refractivity contribution in [3.63, 3.8) is 0 Å². The minimum Gasteiger partial charge on any atom is -0.376 e. The van der Waals surface area contributed by atoms with Crippen LogP contribution in [0.4, 0.5) is 0 Å². The second kappa shape index (κ2) is 4.43. The SMILES string of the molecule is NC(c1ccccc1Br)C1CCCO1. The average Bonchev–Trinajstić information content (AvgIpc) is 2.70. The van der Waals surface area contributed by atoms with Crippen molar-refractivity contribution >= 4 is 15.9 Å². The number of nitrogens with two attached hydrogens (primary N) is 1. The van der Waals surface area contributed by atoms with Gasteiger partial charge in [-0.05, 0) is 24.5 Å². The van der Waals surface area contributed by atoms with Crippen LogP contribution >= 0.6 is 15.9 Å². The zero-order valence-corrected chi connectivity index (χ0v) is 9.53. The van der Waals surface area contributed by atoms with Crippen LogP contribution in [0.1, 0.15) is 24.4 Å². The Morgan fingerprint density at radius 3 is 2.86 bits per heavy atom. The van der Waals surface area contributed by atoms with Crippen LogP contribution in [0.3, 0.4) is 0 Å². The van der Waals surface area contributed by atoms with Crippen molar-refractivity contribution in [2.24, 2.45) is 5.73 Å². The standard InChI is InChI=1S/C11H14BrNO/c12-9-5-2-1-4-8(9)11(13)10-6-3-7-14-10/h1-2,4-5,10-11H,3,6-7,13H2. The zero-order chi connectivity index (χ0) is 9.97. The van der Waals surface area contributed by atoms with Gasteiger partial charge < -0.3 is 10.5 Å². The molecular weight excluding hydrogens is 242 g/mol. The molecule has 1 aliphatic rings. The monoisotopic (exact) mass is 255 g/mol. The van der Waals surface area contributed by atoms with Crippen LogP contribution in [-0.4, -0.2) is 12.7 Å². The Morgan fingerprint density at radius 1 is 1.43 bits per heavy atom. The summed E-state index contributed by atoms with van der Waals surface area (Å²) < 4.78 is 6.65. The minimum absolute atomic E-state index is 0.00641. The number of hydrogen-bond donors (Lipinski definition) is 1. The van der Waals surface area contributed by atoms with Crippen molar-refractivity contribution in [3.05, 3.63) is 34.3 Å². The third-order valence-electron chi connectivity index (χ3n) is 2.63. The molecule has 1 aromatic rings. The molecule has 2 nitrogen and oxygen atoms in total. The van der Waals surface area contributed by atoms with E-state index in [4.69, 9.17) is 10.5 Å².